The van der Waals surface area contributed by atoms with Crippen LogP contribution in [0, 0.1) is 0 Å². The third-order valence-corrected chi connectivity index (χ3v) is 5.33. The first-order valence-corrected chi connectivity index (χ1v) is 8.74. The Kier molecular flexibility index (Phi) is 4.98. The van der Waals surface area contributed by atoms with Gasteiger partial charge in [0, 0.05) is 4.88 Å². The molecular weight excluding hydrogens is 310 g/mol. The van der Waals surface area contributed by atoms with Gasteiger partial charge in [-0.05, 0) is 48.5 Å². The van der Waals surface area contributed by atoms with E-state index in [9.17, 15) is 9.90 Å². The van der Waals surface area contributed by atoms with E-state index in [1.54, 1.807) is 18.4 Å². The summed E-state index contributed by atoms with van der Waals surface area (Å²) in [6.07, 6.45) is 2.74. The first-order chi connectivity index (χ1) is 11.2. The number of benzene rings is 1. The Hall–Kier alpha value is -1.85. The lowest BCUT2D eigenvalue weighted by Gasteiger charge is -2.39. The van der Waals surface area contributed by atoms with E-state index in [1.807, 2.05) is 35.7 Å². The minimum absolute atomic E-state index is 0.0118. The zero-order chi connectivity index (χ0) is 16.2. The zero-order valence-corrected chi connectivity index (χ0v) is 14.0. The average Bonchev–Trinajstić information content (AvgIpc) is 3.10. The maximum absolute atomic E-state index is 11.7. The van der Waals surface area contributed by atoms with E-state index in [2.05, 4.69) is 11.0 Å². The number of piperidine rings is 1. The van der Waals surface area contributed by atoms with E-state index in [1.165, 1.54) is 4.88 Å². The topological polar surface area (TPSA) is 49.8 Å². The number of ether oxygens (including phenoxy) is 1. The molecular formula is C18H21NO3S. The first kappa shape index (κ1) is 16.0. The monoisotopic (exact) mass is 331 g/mol. The molecule has 0 saturated carbocycles. The van der Waals surface area contributed by atoms with Crippen molar-refractivity contribution in [3.8, 4) is 5.75 Å². The highest BCUT2D eigenvalue weighted by molar-refractivity contribution is 7.10. The van der Waals surface area contributed by atoms with E-state index in [4.69, 9.17) is 4.74 Å². The zero-order valence-electron chi connectivity index (χ0n) is 13.1. The van der Waals surface area contributed by atoms with Gasteiger partial charge in [0.05, 0.1) is 13.2 Å². The molecule has 0 bridgehead atoms. The molecule has 0 amide bonds. The van der Waals surface area contributed by atoms with Crippen LogP contribution in [0.3, 0.4) is 0 Å². The summed E-state index contributed by atoms with van der Waals surface area (Å²) in [6.45, 7) is 0.811. The second kappa shape index (κ2) is 7.15. The Morgan fingerprint density at radius 3 is 2.70 bits per heavy atom. The van der Waals surface area contributed by atoms with Gasteiger partial charge in [0.2, 0.25) is 0 Å². The molecule has 1 N–H and O–H groups in total. The number of carboxylic acid groups (broad SMARTS) is 1. The number of nitrogens with zero attached hydrogens (tertiary/aromatic N) is 1. The number of rotatable bonds is 5. The van der Waals surface area contributed by atoms with Gasteiger partial charge < -0.3 is 9.84 Å². The van der Waals surface area contributed by atoms with Crippen molar-refractivity contribution in [1.29, 1.82) is 0 Å². The summed E-state index contributed by atoms with van der Waals surface area (Å²) in [6, 6.07) is 11.6. The van der Waals surface area contributed by atoms with Crippen LogP contribution in [0.5, 0.6) is 5.75 Å². The minimum Gasteiger partial charge on any atom is -0.497 e. The fourth-order valence-corrected chi connectivity index (χ4v) is 4.15. The maximum Gasteiger partial charge on any atom is 0.320 e. The number of likely N-dealkylation sites (tertiary alicyclic amines) is 1. The van der Waals surface area contributed by atoms with Gasteiger partial charge in [-0.2, -0.15) is 0 Å². The van der Waals surface area contributed by atoms with Gasteiger partial charge in [-0.3, -0.25) is 9.69 Å². The summed E-state index contributed by atoms with van der Waals surface area (Å²) in [5.41, 5.74) is 1.11. The number of carboxylic acids is 1. The smallest absolute Gasteiger partial charge is 0.320 e. The van der Waals surface area contributed by atoms with Gasteiger partial charge in [-0.15, -0.1) is 11.3 Å². The molecule has 4 nitrogen and oxygen atoms in total. The van der Waals surface area contributed by atoms with Crippen molar-refractivity contribution in [3.63, 3.8) is 0 Å². The van der Waals surface area contributed by atoms with Crippen LogP contribution < -0.4 is 4.74 Å². The Balaban J connectivity index is 1.99. The summed E-state index contributed by atoms with van der Waals surface area (Å²) in [7, 11) is 1.65. The van der Waals surface area contributed by atoms with Crippen molar-refractivity contribution in [1.82, 2.24) is 4.90 Å². The first-order valence-electron chi connectivity index (χ1n) is 7.86. The minimum atomic E-state index is -0.722. The molecule has 1 aliphatic rings. The molecule has 0 radical (unpaired) electrons. The lowest BCUT2D eigenvalue weighted by atomic mass is 9.95. The molecule has 1 fully saturated rings. The third-order valence-electron chi connectivity index (χ3n) is 4.41. The second-order valence-electron chi connectivity index (χ2n) is 5.78. The van der Waals surface area contributed by atoms with Crippen LogP contribution in [-0.2, 0) is 4.79 Å². The largest absolute Gasteiger partial charge is 0.497 e. The predicted molar refractivity (Wildman–Crippen MR) is 91.1 cm³/mol. The van der Waals surface area contributed by atoms with Crippen LogP contribution >= 0.6 is 11.3 Å². The highest BCUT2D eigenvalue weighted by atomic mass is 32.1. The molecule has 5 heteroatoms. The quantitative estimate of drug-likeness (QED) is 0.906. The van der Waals surface area contributed by atoms with Crippen molar-refractivity contribution in [2.45, 2.75) is 31.3 Å². The lowest BCUT2D eigenvalue weighted by Crippen LogP contribution is -2.46. The number of carbonyl (C=O) groups is 1. The molecule has 1 aromatic carbocycles. The average molecular weight is 331 g/mol. The summed E-state index contributed by atoms with van der Waals surface area (Å²) >= 11 is 1.68. The molecule has 2 heterocycles. The van der Waals surface area contributed by atoms with Gasteiger partial charge in [-0.1, -0.05) is 24.6 Å². The van der Waals surface area contributed by atoms with Crippen LogP contribution in [-0.4, -0.2) is 35.7 Å². The molecule has 1 aromatic heterocycles. The molecule has 0 spiro atoms. The van der Waals surface area contributed by atoms with Gasteiger partial charge in [0.15, 0.2) is 0 Å². The van der Waals surface area contributed by atoms with E-state index >= 15 is 0 Å². The summed E-state index contributed by atoms with van der Waals surface area (Å²) < 4.78 is 5.24. The van der Waals surface area contributed by atoms with Crippen molar-refractivity contribution in [2.24, 2.45) is 0 Å². The summed E-state index contributed by atoms with van der Waals surface area (Å²) in [4.78, 5) is 15.0. The Morgan fingerprint density at radius 2 is 2.09 bits per heavy atom. The molecule has 1 aliphatic heterocycles. The number of hydrogen-bond acceptors (Lipinski definition) is 4. The molecule has 0 aliphatic carbocycles. The van der Waals surface area contributed by atoms with Gasteiger partial charge in [-0.25, -0.2) is 0 Å². The van der Waals surface area contributed by atoms with Gasteiger partial charge >= 0.3 is 5.97 Å². The highest BCUT2D eigenvalue weighted by Gasteiger charge is 2.35. The Bertz CT molecular complexity index is 639. The van der Waals surface area contributed by atoms with Crippen molar-refractivity contribution >= 4 is 17.3 Å². The molecule has 23 heavy (non-hydrogen) atoms. The number of methoxy groups -OCH3 is 1. The molecule has 2 aromatic rings. The van der Waals surface area contributed by atoms with E-state index in [-0.39, 0.29) is 6.04 Å². The number of aliphatic carboxylic acids is 1. The summed E-state index contributed by atoms with van der Waals surface area (Å²) in [5, 5.41) is 11.7. The Labute approximate surface area is 140 Å². The van der Waals surface area contributed by atoms with E-state index in [0.29, 0.717) is 6.42 Å². The predicted octanol–water partition coefficient (Wildman–Crippen LogP) is 3.79. The van der Waals surface area contributed by atoms with Crippen LogP contribution in [0.15, 0.2) is 41.8 Å². The number of hydrogen-bond donors (Lipinski definition) is 1. The van der Waals surface area contributed by atoms with Gasteiger partial charge in [0.25, 0.3) is 0 Å². The fourth-order valence-electron chi connectivity index (χ4n) is 3.28. The lowest BCUT2D eigenvalue weighted by molar-refractivity contribution is -0.145. The normalized spacial score (nSPS) is 20.1. The third kappa shape index (κ3) is 3.41. The Morgan fingerprint density at radius 1 is 1.30 bits per heavy atom. The van der Waals surface area contributed by atoms with Crippen molar-refractivity contribution in [3.05, 3.63) is 52.2 Å². The van der Waals surface area contributed by atoms with E-state index < -0.39 is 12.0 Å². The van der Waals surface area contributed by atoms with Crippen LogP contribution in [0.25, 0.3) is 0 Å². The molecule has 1 saturated heterocycles. The van der Waals surface area contributed by atoms with Crippen molar-refractivity contribution < 1.29 is 14.6 Å². The molecule has 122 valence electrons. The van der Waals surface area contributed by atoms with E-state index in [0.717, 1.165) is 30.7 Å². The standard InChI is InChI=1S/C18H21NO3S/c1-22-14-9-7-13(8-10-14)17(16-6-4-12-23-16)19-11-3-2-5-15(19)18(20)21/h4,6-10,12,15,17H,2-3,5,11H2,1H3,(H,20,21). The molecule has 2 atom stereocenters. The SMILES string of the molecule is COc1ccc(C(c2cccs2)N2CCCCC2C(=O)O)cc1. The van der Waals surface area contributed by atoms with Gasteiger partial charge in [0.1, 0.15) is 11.8 Å². The maximum atomic E-state index is 11.7. The van der Waals surface area contributed by atoms with Crippen LogP contribution in [0.1, 0.15) is 35.7 Å². The van der Waals surface area contributed by atoms with Crippen LogP contribution in [0.2, 0.25) is 0 Å². The summed E-state index contributed by atoms with van der Waals surface area (Å²) in [5.74, 6) is 0.0897. The number of thiophene rings is 1. The van der Waals surface area contributed by atoms with Crippen molar-refractivity contribution in [2.75, 3.05) is 13.7 Å². The fraction of sp³-hybridized carbons (Fsp3) is 0.389. The second-order valence-corrected chi connectivity index (χ2v) is 6.76. The van der Waals surface area contributed by atoms with Crippen LogP contribution in [0.4, 0.5) is 0 Å². The highest BCUT2D eigenvalue weighted by Crippen LogP contribution is 2.36. The molecule has 2 unspecified atom stereocenters. The molecule has 3 rings (SSSR count).